The number of amides is 2. The predicted octanol–water partition coefficient (Wildman–Crippen LogP) is 5.31. The Morgan fingerprint density at radius 1 is 1.00 bits per heavy atom. The quantitative estimate of drug-likeness (QED) is 0.610. The van der Waals surface area contributed by atoms with E-state index in [-0.39, 0.29) is 11.8 Å². The summed E-state index contributed by atoms with van der Waals surface area (Å²) >= 11 is 5.97. The predicted molar refractivity (Wildman–Crippen MR) is 121 cm³/mol. The van der Waals surface area contributed by atoms with Gasteiger partial charge in [0.1, 0.15) is 0 Å². The van der Waals surface area contributed by atoms with Crippen molar-refractivity contribution in [3.63, 3.8) is 0 Å². The molecule has 1 heterocycles. The molecule has 1 N–H and O–H groups in total. The van der Waals surface area contributed by atoms with E-state index in [1.807, 2.05) is 73.7 Å². The number of halogens is 1. The minimum absolute atomic E-state index is 0.0505. The molecule has 0 spiro atoms. The Morgan fingerprint density at radius 2 is 1.80 bits per heavy atom. The fourth-order valence-electron chi connectivity index (χ4n) is 3.80. The monoisotopic (exact) mass is 418 g/mol. The Balaban J connectivity index is 1.49. The summed E-state index contributed by atoms with van der Waals surface area (Å²) in [4.78, 5) is 26.8. The molecule has 2 amide bonds. The zero-order valence-corrected chi connectivity index (χ0v) is 17.6. The third-order valence-corrected chi connectivity index (χ3v) is 5.52. The number of carbonyl (C=O) groups is 2. The van der Waals surface area contributed by atoms with E-state index in [0.29, 0.717) is 30.8 Å². The van der Waals surface area contributed by atoms with Crippen LogP contribution in [0.15, 0.2) is 66.7 Å². The van der Waals surface area contributed by atoms with E-state index in [9.17, 15) is 9.59 Å². The van der Waals surface area contributed by atoms with Crippen LogP contribution in [0.3, 0.4) is 0 Å². The third kappa shape index (κ3) is 4.71. The van der Waals surface area contributed by atoms with Crippen molar-refractivity contribution >= 4 is 34.8 Å². The van der Waals surface area contributed by atoms with Gasteiger partial charge in [0.15, 0.2) is 0 Å². The van der Waals surface area contributed by atoms with Gasteiger partial charge < -0.3 is 10.2 Å². The molecule has 5 heteroatoms. The first-order valence-corrected chi connectivity index (χ1v) is 10.4. The Hall–Kier alpha value is -3.11. The highest BCUT2D eigenvalue weighted by Gasteiger charge is 2.24. The van der Waals surface area contributed by atoms with Crippen LogP contribution in [0.25, 0.3) is 0 Å². The highest BCUT2D eigenvalue weighted by molar-refractivity contribution is 6.30. The largest absolute Gasteiger partial charge is 0.326 e. The van der Waals surface area contributed by atoms with Crippen molar-refractivity contribution in [2.24, 2.45) is 0 Å². The lowest BCUT2D eigenvalue weighted by molar-refractivity contribution is -0.119. The van der Waals surface area contributed by atoms with Crippen LogP contribution < -0.4 is 10.2 Å². The molecule has 4 nitrogen and oxygen atoms in total. The average molecular weight is 419 g/mol. The van der Waals surface area contributed by atoms with Crippen LogP contribution in [-0.2, 0) is 29.0 Å². The fourth-order valence-corrected chi connectivity index (χ4v) is 3.92. The van der Waals surface area contributed by atoms with E-state index in [1.165, 1.54) is 0 Å². The van der Waals surface area contributed by atoms with E-state index in [1.54, 1.807) is 4.90 Å². The number of rotatable bonds is 5. The fraction of sp³-hybridized carbons (Fsp3) is 0.200. The van der Waals surface area contributed by atoms with Crippen LogP contribution in [0.2, 0.25) is 5.02 Å². The van der Waals surface area contributed by atoms with Gasteiger partial charge in [-0.1, -0.05) is 53.6 Å². The van der Waals surface area contributed by atoms with Gasteiger partial charge in [0.2, 0.25) is 11.8 Å². The van der Waals surface area contributed by atoms with Crippen molar-refractivity contribution in [1.29, 1.82) is 0 Å². The molecule has 0 bridgehead atoms. The van der Waals surface area contributed by atoms with Gasteiger partial charge in [-0.25, -0.2) is 0 Å². The molecule has 152 valence electrons. The zero-order valence-electron chi connectivity index (χ0n) is 16.8. The SMILES string of the molecule is Cc1cccc(CC(=O)Nc2ccc3c(c2)CCC(=O)N3Cc2ccc(Cl)cc2)c1. The van der Waals surface area contributed by atoms with Crippen LogP contribution in [0.4, 0.5) is 11.4 Å². The molecule has 0 aliphatic carbocycles. The summed E-state index contributed by atoms with van der Waals surface area (Å²) in [5.41, 5.74) is 5.88. The second-order valence-electron chi connectivity index (χ2n) is 7.66. The minimum atomic E-state index is -0.0505. The van der Waals surface area contributed by atoms with E-state index in [2.05, 4.69) is 5.32 Å². The van der Waals surface area contributed by atoms with Gasteiger partial charge in [0.05, 0.1) is 13.0 Å². The summed E-state index contributed by atoms with van der Waals surface area (Å²) in [6.07, 6.45) is 1.47. The molecule has 0 saturated heterocycles. The molecule has 30 heavy (non-hydrogen) atoms. The Morgan fingerprint density at radius 3 is 2.57 bits per heavy atom. The number of anilines is 2. The maximum atomic E-state index is 12.6. The summed E-state index contributed by atoms with van der Waals surface area (Å²) < 4.78 is 0. The molecule has 4 rings (SSSR count). The van der Waals surface area contributed by atoms with Crippen LogP contribution in [0.5, 0.6) is 0 Å². The first-order chi connectivity index (χ1) is 14.5. The Labute approximate surface area is 181 Å². The molecule has 3 aromatic rings. The van der Waals surface area contributed by atoms with Gasteiger partial charge >= 0.3 is 0 Å². The van der Waals surface area contributed by atoms with E-state index in [4.69, 9.17) is 11.6 Å². The van der Waals surface area contributed by atoms with Gasteiger partial charge in [0.25, 0.3) is 0 Å². The lowest BCUT2D eigenvalue weighted by Gasteiger charge is -2.30. The molecule has 3 aromatic carbocycles. The van der Waals surface area contributed by atoms with Crippen molar-refractivity contribution < 1.29 is 9.59 Å². The Kier molecular flexibility index (Phi) is 5.86. The van der Waals surface area contributed by atoms with Crippen molar-refractivity contribution in [3.8, 4) is 0 Å². The van der Waals surface area contributed by atoms with Crippen LogP contribution in [0, 0.1) is 6.92 Å². The van der Waals surface area contributed by atoms with E-state index < -0.39 is 0 Å². The summed E-state index contributed by atoms with van der Waals surface area (Å²) in [5.74, 6) is 0.0548. The molecule has 0 unspecified atom stereocenters. The zero-order chi connectivity index (χ0) is 21.1. The van der Waals surface area contributed by atoms with Gasteiger partial charge in [-0.2, -0.15) is 0 Å². The molecule has 0 aromatic heterocycles. The number of nitrogens with one attached hydrogen (secondary N) is 1. The summed E-state index contributed by atoms with van der Waals surface area (Å²) in [7, 11) is 0. The topological polar surface area (TPSA) is 49.4 Å². The van der Waals surface area contributed by atoms with Crippen LogP contribution >= 0.6 is 11.6 Å². The minimum Gasteiger partial charge on any atom is -0.326 e. The average Bonchev–Trinajstić information content (AvgIpc) is 2.71. The van der Waals surface area contributed by atoms with Gasteiger partial charge in [0, 0.05) is 22.8 Å². The van der Waals surface area contributed by atoms with Gasteiger partial charge in [-0.15, -0.1) is 0 Å². The second kappa shape index (κ2) is 8.72. The summed E-state index contributed by atoms with van der Waals surface area (Å²) in [6, 6.07) is 21.2. The molecule has 0 saturated carbocycles. The molecule has 0 radical (unpaired) electrons. The maximum Gasteiger partial charge on any atom is 0.228 e. The first kappa shape index (κ1) is 20.2. The number of benzene rings is 3. The standard InChI is InChI=1S/C25H23ClN2O2/c1-17-3-2-4-19(13-17)14-24(29)27-22-10-11-23-20(15-22)7-12-25(30)28(23)16-18-5-8-21(26)9-6-18/h2-6,8-11,13,15H,7,12,14,16H2,1H3,(H,27,29). The van der Waals surface area contributed by atoms with Crippen LogP contribution in [0.1, 0.15) is 28.7 Å². The van der Waals surface area contributed by atoms with Crippen molar-refractivity contribution in [3.05, 3.63) is 94.0 Å². The normalized spacial score (nSPS) is 13.1. The van der Waals surface area contributed by atoms with E-state index >= 15 is 0 Å². The van der Waals surface area contributed by atoms with Crippen molar-refractivity contribution in [2.45, 2.75) is 32.7 Å². The van der Waals surface area contributed by atoms with E-state index in [0.717, 1.165) is 33.6 Å². The molecular weight excluding hydrogens is 396 g/mol. The van der Waals surface area contributed by atoms with Crippen molar-refractivity contribution in [1.82, 2.24) is 0 Å². The number of carbonyl (C=O) groups excluding carboxylic acids is 2. The number of aryl methyl sites for hydroxylation is 2. The summed E-state index contributed by atoms with van der Waals surface area (Å²) in [6.45, 7) is 2.52. The van der Waals surface area contributed by atoms with Crippen molar-refractivity contribution in [2.75, 3.05) is 10.2 Å². The van der Waals surface area contributed by atoms with Crippen LogP contribution in [-0.4, -0.2) is 11.8 Å². The molecular formula is C25H23ClN2O2. The highest BCUT2D eigenvalue weighted by Crippen LogP contribution is 2.31. The number of hydrogen-bond donors (Lipinski definition) is 1. The lowest BCUT2D eigenvalue weighted by Crippen LogP contribution is -2.34. The molecule has 1 aliphatic rings. The smallest absolute Gasteiger partial charge is 0.228 e. The summed E-state index contributed by atoms with van der Waals surface area (Å²) in [5, 5.41) is 3.66. The number of hydrogen-bond acceptors (Lipinski definition) is 2. The first-order valence-electron chi connectivity index (χ1n) is 10.0. The van der Waals surface area contributed by atoms with Gasteiger partial charge in [-0.3, -0.25) is 9.59 Å². The Bertz CT molecular complexity index is 1090. The lowest BCUT2D eigenvalue weighted by atomic mass is 9.99. The molecule has 0 fully saturated rings. The number of nitrogens with zero attached hydrogens (tertiary/aromatic N) is 1. The molecule has 1 aliphatic heterocycles. The second-order valence-corrected chi connectivity index (χ2v) is 8.10. The maximum absolute atomic E-state index is 12.6. The number of fused-ring (bicyclic) bond motifs is 1. The van der Waals surface area contributed by atoms with Gasteiger partial charge in [-0.05, 0) is 60.4 Å². The molecule has 0 atom stereocenters. The highest BCUT2D eigenvalue weighted by atomic mass is 35.5. The third-order valence-electron chi connectivity index (χ3n) is 5.26.